The quantitative estimate of drug-likeness (QED) is 0.488. The summed E-state index contributed by atoms with van der Waals surface area (Å²) in [6.45, 7) is 0.329. The van der Waals surface area contributed by atoms with Crippen LogP contribution in [0.1, 0.15) is 42.7 Å². The van der Waals surface area contributed by atoms with Crippen LogP contribution in [0.25, 0.3) is 11.1 Å². The maximum absolute atomic E-state index is 12.4. The molecule has 2 amide bonds. The number of ether oxygens (including phenoxy) is 1. The molecule has 3 atom stereocenters. The van der Waals surface area contributed by atoms with Gasteiger partial charge in [0, 0.05) is 30.8 Å². The average molecular weight is 453 g/mol. The highest BCUT2D eigenvalue weighted by atomic mass is 16.5. The van der Waals surface area contributed by atoms with Crippen LogP contribution in [0.4, 0.5) is 4.79 Å². The van der Waals surface area contributed by atoms with Crippen molar-refractivity contribution in [3.8, 4) is 11.1 Å². The molecular weight excluding hydrogens is 424 g/mol. The van der Waals surface area contributed by atoms with Crippen molar-refractivity contribution >= 4 is 18.0 Å². The largest absolute Gasteiger partial charge is 0.479 e. The van der Waals surface area contributed by atoms with Gasteiger partial charge in [0.2, 0.25) is 5.91 Å². The van der Waals surface area contributed by atoms with Crippen LogP contribution in [0.2, 0.25) is 0 Å². The van der Waals surface area contributed by atoms with E-state index in [1.165, 1.54) is 11.1 Å². The number of aliphatic carboxylic acids is 1. The minimum Gasteiger partial charge on any atom is -0.479 e. The third-order valence-corrected chi connectivity index (χ3v) is 6.47. The number of carboxylic acids is 1. The van der Waals surface area contributed by atoms with Crippen LogP contribution in [0, 0.1) is 5.92 Å². The minimum atomic E-state index is -1.49. The zero-order chi connectivity index (χ0) is 23.4. The molecule has 2 aromatic carbocycles. The molecule has 0 aliphatic heterocycles. The number of hydrogen-bond donors (Lipinski definition) is 4. The molecule has 1 unspecified atom stereocenters. The van der Waals surface area contributed by atoms with E-state index in [0.29, 0.717) is 19.3 Å². The minimum absolute atomic E-state index is 0.00796. The number of nitrogens with one attached hydrogen (secondary N) is 2. The summed E-state index contributed by atoms with van der Waals surface area (Å²) in [5.41, 5.74) is 4.64. The van der Waals surface area contributed by atoms with Crippen LogP contribution in [0.3, 0.4) is 0 Å². The first-order chi connectivity index (χ1) is 15.9. The van der Waals surface area contributed by atoms with Gasteiger partial charge in [-0.05, 0) is 41.5 Å². The van der Waals surface area contributed by atoms with Gasteiger partial charge in [-0.25, -0.2) is 9.59 Å². The van der Waals surface area contributed by atoms with Crippen molar-refractivity contribution in [1.82, 2.24) is 10.6 Å². The summed E-state index contributed by atoms with van der Waals surface area (Å²) in [5, 5.41) is 23.5. The number of carbonyl (C=O) groups is 3. The number of carboxylic acid groups (broad SMARTS) is 1. The Hall–Kier alpha value is -3.39. The third-order valence-electron chi connectivity index (χ3n) is 6.47. The predicted octanol–water partition coefficient (Wildman–Crippen LogP) is 2.65. The standard InChI is InChI=1S/C25H28N2O6/c28-22(24(30)31)11-12-26-23(29)15-9-10-16(13-15)27-25(32)33-14-21-19-7-3-1-5-17(19)18-6-2-4-8-20(18)21/h1-8,15-16,21-22,28H,9-14H2,(H,26,29)(H,27,32)(H,30,31)/t15-,16+,22?/m1/s1. The fourth-order valence-electron chi connectivity index (χ4n) is 4.76. The summed E-state index contributed by atoms with van der Waals surface area (Å²) >= 11 is 0. The number of hydrogen-bond acceptors (Lipinski definition) is 5. The zero-order valence-corrected chi connectivity index (χ0v) is 18.2. The van der Waals surface area contributed by atoms with Gasteiger partial charge in [-0.15, -0.1) is 0 Å². The van der Waals surface area contributed by atoms with Gasteiger partial charge in [-0.1, -0.05) is 48.5 Å². The van der Waals surface area contributed by atoms with E-state index in [1.54, 1.807) is 0 Å². The first kappa shape index (κ1) is 22.8. The van der Waals surface area contributed by atoms with Gasteiger partial charge in [-0.3, -0.25) is 4.79 Å². The second kappa shape index (κ2) is 10.0. The highest BCUT2D eigenvalue weighted by Crippen LogP contribution is 2.44. The van der Waals surface area contributed by atoms with Crippen molar-refractivity contribution in [2.45, 2.75) is 43.7 Å². The molecule has 0 bridgehead atoms. The molecule has 0 saturated heterocycles. The number of aliphatic hydroxyl groups is 1. The first-order valence-electron chi connectivity index (χ1n) is 11.2. The lowest BCUT2D eigenvalue weighted by atomic mass is 9.98. The van der Waals surface area contributed by atoms with Crippen molar-refractivity contribution in [1.29, 1.82) is 0 Å². The van der Waals surface area contributed by atoms with Gasteiger partial charge in [-0.2, -0.15) is 0 Å². The molecule has 1 saturated carbocycles. The molecule has 174 valence electrons. The summed E-state index contributed by atoms with van der Waals surface area (Å²) in [6.07, 6.45) is -0.238. The molecule has 4 rings (SSSR count). The number of carbonyl (C=O) groups excluding carboxylic acids is 2. The smallest absolute Gasteiger partial charge is 0.407 e. The van der Waals surface area contributed by atoms with E-state index < -0.39 is 18.2 Å². The van der Waals surface area contributed by atoms with Crippen molar-refractivity contribution in [3.05, 3.63) is 59.7 Å². The normalized spacial score (nSPS) is 19.9. The Morgan fingerprint density at radius 2 is 1.64 bits per heavy atom. The van der Waals surface area contributed by atoms with Crippen molar-refractivity contribution in [2.75, 3.05) is 13.2 Å². The second-order valence-electron chi connectivity index (χ2n) is 8.61. The van der Waals surface area contributed by atoms with Gasteiger partial charge in [0.05, 0.1) is 0 Å². The Bertz CT molecular complexity index is 994. The maximum atomic E-state index is 12.4. The Labute approximate surface area is 192 Å². The lowest BCUT2D eigenvalue weighted by molar-refractivity contribution is -0.147. The Morgan fingerprint density at radius 1 is 1.00 bits per heavy atom. The van der Waals surface area contributed by atoms with Crippen LogP contribution in [0.15, 0.2) is 48.5 Å². The van der Waals surface area contributed by atoms with Crippen molar-refractivity contribution < 1.29 is 29.3 Å². The van der Waals surface area contributed by atoms with E-state index in [-0.39, 0.29) is 43.4 Å². The van der Waals surface area contributed by atoms with E-state index in [9.17, 15) is 19.5 Å². The number of benzene rings is 2. The summed E-state index contributed by atoms with van der Waals surface area (Å²) in [5.74, 6) is -1.76. The molecule has 8 heteroatoms. The summed E-state index contributed by atoms with van der Waals surface area (Å²) in [6, 6.07) is 16.1. The van der Waals surface area contributed by atoms with Crippen LogP contribution in [0.5, 0.6) is 0 Å². The predicted molar refractivity (Wildman–Crippen MR) is 121 cm³/mol. The molecule has 2 aromatic rings. The molecule has 0 radical (unpaired) electrons. The lowest BCUT2D eigenvalue weighted by Gasteiger charge is -2.17. The topological polar surface area (TPSA) is 125 Å². The molecule has 0 aromatic heterocycles. The maximum Gasteiger partial charge on any atom is 0.407 e. The molecule has 4 N–H and O–H groups in total. The SMILES string of the molecule is O=C(N[C@H]1CC[C@@H](C(=O)NCCC(O)C(=O)O)C1)OCC1c2ccccc2-c2ccccc21. The van der Waals surface area contributed by atoms with Gasteiger partial charge < -0.3 is 25.6 Å². The summed E-state index contributed by atoms with van der Waals surface area (Å²) < 4.78 is 5.58. The number of aliphatic hydroxyl groups excluding tert-OH is 1. The Morgan fingerprint density at radius 3 is 2.27 bits per heavy atom. The number of rotatable bonds is 8. The molecule has 0 heterocycles. The average Bonchev–Trinajstić information content (AvgIpc) is 3.40. The molecule has 2 aliphatic rings. The molecule has 8 nitrogen and oxygen atoms in total. The highest BCUT2D eigenvalue weighted by Gasteiger charge is 2.32. The zero-order valence-electron chi connectivity index (χ0n) is 18.2. The van der Waals surface area contributed by atoms with Gasteiger partial charge in [0.25, 0.3) is 0 Å². The van der Waals surface area contributed by atoms with E-state index in [1.807, 2.05) is 24.3 Å². The number of fused-ring (bicyclic) bond motifs is 3. The van der Waals surface area contributed by atoms with Crippen molar-refractivity contribution in [3.63, 3.8) is 0 Å². The molecular formula is C25H28N2O6. The molecule has 33 heavy (non-hydrogen) atoms. The van der Waals surface area contributed by atoms with Crippen LogP contribution in [-0.2, 0) is 14.3 Å². The Balaban J connectivity index is 1.24. The molecule has 2 aliphatic carbocycles. The number of amides is 2. The van der Waals surface area contributed by atoms with Crippen LogP contribution in [-0.4, -0.2) is 53.5 Å². The van der Waals surface area contributed by atoms with Crippen molar-refractivity contribution in [2.24, 2.45) is 5.92 Å². The fourth-order valence-corrected chi connectivity index (χ4v) is 4.76. The van der Waals surface area contributed by atoms with E-state index in [0.717, 1.165) is 11.1 Å². The van der Waals surface area contributed by atoms with Crippen LogP contribution >= 0.6 is 0 Å². The monoisotopic (exact) mass is 452 g/mol. The summed E-state index contributed by atoms with van der Waals surface area (Å²) in [4.78, 5) is 35.3. The van der Waals surface area contributed by atoms with E-state index >= 15 is 0 Å². The van der Waals surface area contributed by atoms with Gasteiger partial charge in [0.1, 0.15) is 6.61 Å². The highest BCUT2D eigenvalue weighted by molar-refractivity contribution is 5.80. The number of alkyl carbamates (subject to hydrolysis) is 1. The third kappa shape index (κ3) is 5.17. The van der Waals surface area contributed by atoms with Crippen LogP contribution < -0.4 is 10.6 Å². The molecule has 0 spiro atoms. The molecule has 1 fully saturated rings. The van der Waals surface area contributed by atoms with Gasteiger partial charge >= 0.3 is 12.1 Å². The first-order valence-corrected chi connectivity index (χ1v) is 11.2. The van der Waals surface area contributed by atoms with Gasteiger partial charge in [0.15, 0.2) is 6.10 Å². The fraction of sp³-hybridized carbons (Fsp3) is 0.400. The Kier molecular flexibility index (Phi) is 6.93. The van der Waals surface area contributed by atoms with E-state index in [2.05, 4.69) is 34.9 Å². The lowest BCUT2D eigenvalue weighted by Crippen LogP contribution is -2.36. The second-order valence-corrected chi connectivity index (χ2v) is 8.61. The summed E-state index contributed by atoms with van der Waals surface area (Å²) in [7, 11) is 0. The van der Waals surface area contributed by atoms with E-state index in [4.69, 9.17) is 9.84 Å².